The van der Waals surface area contributed by atoms with Gasteiger partial charge >= 0.3 is 0 Å². The number of hydrogen-bond acceptors (Lipinski definition) is 1. The highest BCUT2D eigenvalue weighted by atomic mass is 31.2. The van der Waals surface area contributed by atoms with E-state index in [0.717, 1.165) is 18.2 Å². The maximum Gasteiger partial charge on any atom is 0.132 e. The lowest BCUT2D eigenvalue weighted by atomic mass is 10.2. The average Bonchev–Trinajstić information content (AvgIpc) is 2.82. The molecule has 2 atom stereocenters. The van der Waals surface area contributed by atoms with Crippen LogP contribution in [0.25, 0.3) is 0 Å². The first-order valence-corrected chi connectivity index (χ1v) is 13.9. The van der Waals surface area contributed by atoms with Gasteiger partial charge in [-0.3, -0.25) is 0 Å². The highest BCUT2D eigenvalue weighted by molar-refractivity contribution is 7.81. The number of hydrogen-bond donors (Lipinski definition) is 0. The van der Waals surface area contributed by atoms with Crippen molar-refractivity contribution in [3.8, 4) is 0 Å². The zero-order chi connectivity index (χ0) is 23.4. The average molecular weight is 485 g/mol. The molecule has 4 rings (SSSR count). The maximum atomic E-state index is 15.3. The van der Waals surface area contributed by atoms with Gasteiger partial charge in [0.25, 0.3) is 0 Å². The van der Waals surface area contributed by atoms with Crippen LogP contribution in [0.2, 0.25) is 0 Å². The molecule has 2 aromatic rings. The summed E-state index contributed by atoms with van der Waals surface area (Å²) in [5, 5.41) is 2.74. The van der Waals surface area contributed by atoms with Gasteiger partial charge in [0, 0.05) is 38.1 Å². The van der Waals surface area contributed by atoms with E-state index in [0.29, 0.717) is 28.8 Å². The Morgan fingerprint density at radius 2 is 1.39 bits per heavy atom. The highest BCUT2D eigenvalue weighted by Crippen LogP contribution is 2.66. The zero-order valence-electron chi connectivity index (χ0n) is 18.9. The van der Waals surface area contributed by atoms with Crippen LogP contribution in [0, 0.1) is 11.6 Å². The van der Waals surface area contributed by atoms with Gasteiger partial charge in [0.15, 0.2) is 0 Å². The fourth-order valence-electron chi connectivity index (χ4n) is 4.13. The number of rotatable bonds is 7. The van der Waals surface area contributed by atoms with Crippen LogP contribution in [0.5, 0.6) is 0 Å². The lowest BCUT2D eigenvalue weighted by Gasteiger charge is -2.43. The van der Waals surface area contributed by atoms with Crippen molar-refractivity contribution in [3.05, 3.63) is 107 Å². The molecule has 33 heavy (non-hydrogen) atoms. The van der Waals surface area contributed by atoms with Gasteiger partial charge in [-0.05, 0) is 75.2 Å². The third kappa shape index (κ3) is 5.24. The Hall–Kier alpha value is -1.99. The summed E-state index contributed by atoms with van der Waals surface area (Å²) in [5.74, 6) is -0.918. The smallest absolute Gasteiger partial charge is 0.132 e. The molecule has 2 unspecified atom stereocenters. The molecule has 2 aromatic carbocycles. The van der Waals surface area contributed by atoms with Crippen molar-refractivity contribution in [3.63, 3.8) is 0 Å². The van der Waals surface area contributed by atoms with E-state index in [-0.39, 0.29) is 23.5 Å². The number of benzene rings is 2. The number of allylic oxidation sites excluding steroid dienone is 8. The minimum absolute atomic E-state index is 0.0659. The van der Waals surface area contributed by atoms with Crippen LogP contribution >= 0.6 is 16.1 Å². The van der Waals surface area contributed by atoms with Gasteiger partial charge < -0.3 is 0 Å². The van der Waals surface area contributed by atoms with Gasteiger partial charge in [-0.25, -0.2) is 17.6 Å². The van der Waals surface area contributed by atoms with Crippen molar-refractivity contribution in [2.24, 2.45) is 0 Å². The lowest BCUT2D eigenvalue weighted by molar-refractivity contribution is 0.572. The van der Waals surface area contributed by atoms with Crippen molar-refractivity contribution < 1.29 is 13.2 Å². The van der Waals surface area contributed by atoms with Gasteiger partial charge in [-0.1, -0.05) is 48.6 Å². The molecular weight excluding hydrogens is 457 g/mol. The zero-order valence-corrected chi connectivity index (χ0v) is 20.7. The molecule has 0 radical (unpaired) electrons. The Labute approximate surface area is 197 Å². The van der Waals surface area contributed by atoms with Crippen molar-refractivity contribution >= 4 is 26.8 Å². The van der Waals surface area contributed by atoms with Crippen LogP contribution in [-0.4, -0.2) is 10.5 Å². The van der Waals surface area contributed by atoms with Crippen LogP contribution in [0.1, 0.15) is 39.5 Å². The summed E-state index contributed by atoms with van der Waals surface area (Å²) in [5.41, 5.74) is 0. The van der Waals surface area contributed by atoms with Gasteiger partial charge in [-0.15, -0.1) is 0 Å². The minimum atomic E-state index is -1.56. The molecule has 172 valence electrons. The summed E-state index contributed by atoms with van der Waals surface area (Å²) in [6, 6.07) is 13.4. The first kappa shape index (κ1) is 24.1. The Morgan fingerprint density at radius 3 is 1.94 bits per heavy atom. The molecule has 0 saturated carbocycles. The molecule has 0 fully saturated rings. The molecule has 0 heterocycles. The van der Waals surface area contributed by atoms with E-state index >= 15 is 13.2 Å². The van der Waals surface area contributed by atoms with E-state index in [1.807, 2.05) is 38.1 Å². The van der Waals surface area contributed by atoms with Gasteiger partial charge in [0.05, 0.1) is 0 Å². The second-order valence-corrected chi connectivity index (χ2v) is 12.7. The van der Waals surface area contributed by atoms with Crippen LogP contribution < -0.4 is 10.6 Å². The van der Waals surface area contributed by atoms with Crippen LogP contribution in [-0.2, 0) is 0 Å². The summed E-state index contributed by atoms with van der Waals surface area (Å²) in [6.07, 6.45) is 12.7. The molecule has 6 heteroatoms. The Morgan fingerprint density at radius 1 is 0.788 bits per heavy atom. The predicted molar refractivity (Wildman–Crippen MR) is 136 cm³/mol. The van der Waals surface area contributed by atoms with Crippen molar-refractivity contribution in [2.75, 3.05) is 0 Å². The quantitative estimate of drug-likeness (QED) is 0.358. The molecule has 0 N–H and O–H groups in total. The maximum absolute atomic E-state index is 15.3. The highest BCUT2D eigenvalue weighted by Gasteiger charge is 2.39. The standard InChI is InChI=1S/C27H28F3NP2/c1-20(2)31(32(21-12-4-3-5-13-21)25-17-9-6-14-22(25)28)33(26-18-10-7-15-23(26)29)27-19-11-8-16-24(27)30/h3-4,6-7,9-10,12,14-20H,5,8,11,13H2,1-2H3. The topological polar surface area (TPSA) is 3.24 Å². The SMILES string of the molecule is CC(C)N(P(C1=CC=CCC1)c1ccccc1F)P(C1=CCCC=C1F)c1ccccc1F. The first-order chi connectivity index (χ1) is 16.0. The van der Waals surface area contributed by atoms with E-state index in [2.05, 4.69) is 16.6 Å². The molecule has 0 spiro atoms. The molecule has 0 saturated heterocycles. The lowest BCUT2D eigenvalue weighted by Crippen LogP contribution is -2.32. The number of nitrogens with zero attached hydrogens (tertiary/aromatic N) is 1. The summed E-state index contributed by atoms with van der Waals surface area (Å²) in [7, 11) is -2.89. The Bertz CT molecular complexity index is 1120. The molecule has 2 aliphatic carbocycles. The summed E-state index contributed by atoms with van der Waals surface area (Å²) >= 11 is 0. The predicted octanol–water partition coefficient (Wildman–Crippen LogP) is 8.18. The summed E-state index contributed by atoms with van der Waals surface area (Å²) in [6.45, 7) is 4.08. The Balaban J connectivity index is 1.96. The van der Waals surface area contributed by atoms with E-state index in [1.54, 1.807) is 30.3 Å². The third-order valence-corrected chi connectivity index (χ3v) is 11.8. The van der Waals surface area contributed by atoms with Crippen LogP contribution in [0.4, 0.5) is 13.2 Å². The van der Waals surface area contributed by atoms with Crippen molar-refractivity contribution in [1.29, 1.82) is 0 Å². The number of halogens is 3. The molecule has 0 amide bonds. The van der Waals surface area contributed by atoms with Gasteiger partial charge in [0.1, 0.15) is 17.5 Å². The minimum Gasteiger partial charge on any atom is -0.242 e. The molecule has 0 bridgehead atoms. The normalized spacial score (nSPS) is 18.1. The second kappa shape index (κ2) is 11.0. The van der Waals surface area contributed by atoms with E-state index < -0.39 is 16.1 Å². The second-order valence-electron chi connectivity index (χ2n) is 8.28. The molecular formula is C27H28F3NP2. The van der Waals surface area contributed by atoms with Gasteiger partial charge in [0.2, 0.25) is 0 Å². The fraction of sp³-hybridized carbons (Fsp3) is 0.259. The first-order valence-electron chi connectivity index (χ1n) is 11.3. The van der Waals surface area contributed by atoms with Crippen molar-refractivity contribution in [1.82, 2.24) is 4.44 Å². The third-order valence-electron chi connectivity index (χ3n) is 5.60. The van der Waals surface area contributed by atoms with E-state index in [1.165, 1.54) is 12.1 Å². The molecule has 0 aliphatic heterocycles. The van der Waals surface area contributed by atoms with Crippen molar-refractivity contribution in [2.45, 2.75) is 45.6 Å². The monoisotopic (exact) mass is 485 g/mol. The summed E-state index contributed by atoms with van der Waals surface area (Å²) in [4.78, 5) is 0. The van der Waals surface area contributed by atoms with Crippen LogP contribution in [0.15, 0.2) is 95.4 Å². The fourth-order valence-corrected chi connectivity index (χ4v) is 10.6. The Kier molecular flexibility index (Phi) is 8.02. The molecule has 2 aliphatic rings. The van der Waals surface area contributed by atoms with Crippen LogP contribution in [0.3, 0.4) is 0 Å². The largest absolute Gasteiger partial charge is 0.242 e. The molecule has 1 nitrogen and oxygen atoms in total. The van der Waals surface area contributed by atoms with Gasteiger partial charge in [-0.2, -0.15) is 0 Å². The molecule has 0 aromatic heterocycles. The summed E-state index contributed by atoms with van der Waals surface area (Å²) < 4.78 is 48.0. The van der Waals surface area contributed by atoms with E-state index in [9.17, 15) is 0 Å². The van der Waals surface area contributed by atoms with E-state index in [4.69, 9.17) is 0 Å².